The van der Waals surface area contributed by atoms with E-state index in [4.69, 9.17) is 4.74 Å². The lowest BCUT2D eigenvalue weighted by Crippen LogP contribution is -2.22. The molecule has 0 saturated heterocycles. The molecular weight excluding hydrogens is 424 g/mol. The Labute approximate surface area is 177 Å². The molecule has 11 heteroatoms. The number of amides is 1. The molecule has 10 nitrogen and oxygen atoms in total. The summed E-state index contributed by atoms with van der Waals surface area (Å²) in [7, 11) is -3.34. The number of fused-ring (bicyclic) bond motifs is 1. The highest BCUT2D eigenvalue weighted by atomic mass is 32.2. The number of nitro groups is 1. The molecule has 0 radical (unpaired) electrons. The predicted molar refractivity (Wildman–Crippen MR) is 112 cm³/mol. The van der Waals surface area contributed by atoms with Crippen LogP contribution in [0.5, 0.6) is 5.75 Å². The van der Waals surface area contributed by atoms with Crippen LogP contribution in [0.2, 0.25) is 0 Å². The molecular formula is C20H18N4O6S. The van der Waals surface area contributed by atoms with Crippen LogP contribution in [0.3, 0.4) is 0 Å². The summed E-state index contributed by atoms with van der Waals surface area (Å²) in [6.07, 6.45) is 0. The van der Waals surface area contributed by atoms with E-state index < -0.39 is 20.7 Å². The number of non-ortho nitro benzene ring substituents is 1. The number of nitrogens with zero attached hydrogens (tertiary/aromatic N) is 3. The van der Waals surface area contributed by atoms with Crippen molar-refractivity contribution in [1.29, 1.82) is 0 Å². The van der Waals surface area contributed by atoms with Gasteiger partial charge in [-0.1, -0.05) is 17.7 Å². The van der Waals surface area contributed by atoms with Crippen LogP contribution in [0.1, 0.15) is 16.8 Å². The van der Waals surface area contributed by atoms with Crippen LogP contribution in [-0.4, -0.2) is 35.6 Å². The van der Waals surface area contributed by atoms with E-state index >= 15 is 0 Å². The molecule has 3 aromatic rings. The molecule has 2 aromatic carbocycles. The lowest BCUT2D eigenvalue weighted by atomic mass is 10.2. The summed E-state index contributed by atoms with van der Waals surface area (Å²) in [6.45, 7) is 1.65. The van der Waals surface area contributed by atoms with Gasteiger partial charge in [-0.3, -0.25) is 14.9 Å². The van der Waals surface area contributed by atoms with E-state index in [9.17, 15) is 23.3 Å². The smallest absolute Gasteiger partial charge is 0.269 e. The maximum atomic E-state index is 12.5. The Balaban J connectivity index is 1.60. The van der Waals surface area contributed by atoms with E-state index in [2.05, 4.69) is 10.4 Å². The highest BCUT2D eigenvalue weighted by Crippen LogP contribution is 2.33. The molecule has 0 aliphatic carbocycles. The zero-order chi connectivity index (χ0) is 22.2. The van der Waals surface area contributed by atoms with Crippen molar-refractivity contribution < 1.29 is 22.9 Å². The average Bonchev–Trinajstić information content (AvgIpc) is 3.20. The minimum absolute atomic E-state index is 0.0943. The van der Waals surface area contributed by atoms with Crippen molar-refractivity contribution in [3.63, 3.8) is 0 Å². The van der Waals surface area contributed by atoms with Crippen LogP contribution in [0.4, 0.5) is 11.5 Å². The largest absolute Gasteiger partial charge is 0.484 e. The highest BCUT2D eigenvalue weighted by molar-refractivity contribution is 7.90. The fraction of sp³-hybridized carbons (Fsp3) is 0.200. The predicted octanol–water partition coefficient (Wildman–Crippen LogP) is 2.53. The van der Waals surface area contributed by atoms with Gasteiger partial charge in [0.25, 0.3) is 11.6 Å². The van der Waals surface area contributed by atoms with E-state index in [0.717, 1.165) is 5.56 Å². The van der Waals surface area contributed by atoms with Gasteiger partial charge < -0.3 is 10.1 Å². The molecule has 1 N–H and O–H groups in total. The Kier molecular flexibility index (Phi) is 5.19. The fourth-order valence-electron chi connectivity index (χ4n) is 3.22. The topological polar surface area (TPSA) is 133 Å². The lowest BCUT2D eigenvalue weighted by molar-refractivity contribution is -0.384. The third-order valence-electron chi connectivity index (χ3n) is 4.74. The zero-order valence-electron chi connectivity index (χ0n) is 16.4. The Morgan fingerprint density at radius 3 is 2.48 bits per heavy atom. The van der Waals surface area contributed by atoms with Crippen molar-refractivity contribution in [3.05, 3.63) is 75.5 Å². The van der Waals surface area contributed by atoms with Gasteiger partial charge in [-0.2, -0.15) is 5.10 Å². The summed E-state index contributed by atoms with van der Waals surface area (Å²) in [5.41, 5.74) is 2.16. The van der Waals surface area contributed by atoms with Crippen molar-refractivity contribution in [3.8, 4) is 11.4 Å². The number of benzene rings is 2. The maximum Gasteiger partial charge on any atom is 0.269 e. The number of ether oxygens (including phenoxy) is 1. The van der Waals surface area contributed by atoms with Gasteiger partial charge in [0.1, 0.15) is 11.6 Å². The molecule has 0 bridgehead atoms. The number of rotatable bonds is 6. The van der Waals surface area contributed by atoms with E-state index in [1.54, 1.807) is 12.1 Å². The van der Waals surface area contributed by atoms with Gasteiger partial charge >= 0.3 is 0 Å². The Morgan fingerprint density at radius 2 is 1.84 bits per heavy atom. The fourth-order valence-corrected chi connectivity index (χ4v) is 4.72. The number of nitrogens with one attached hydrogen (secondary N) is 1. The second-order valence-corrected chi connectivity index (χ2v) is 9.21. The molecule has 4 rings (SSSR count). The van der Waals surface area contributed by atoms with Gasteiger partial charge in [0.05, 0.1) is 27.8 Å². The van der Waals surface area contributed by atoms with Gasteiger partial charge in [-0.15, -0.1) is 0 Å². The van der Waals surface area contributed by atoms with Crippen LogP contribution in [-0.2, 0) is 26.1 Å². The number of hydrogen-bond acceptors (Lipinski definition) is 7. The molecule has 0 atom stereocenters. The number of carbonyl (C=O) groups excluding carboxylic acids is 1. The summed E-state index contributed by atoms with van der Waals surface area (Å²) < 4.78 is 30.9. The van der Waals surface area contributed by atoms with Crippen LogP contribution >= 0.6 is 0 Å². The minimum Gasteiger partial charge on any atom is -0.484 e. The van der Waals surface area contributed by atoms with Crippen molar-refractivity contribution in [2.45, 2.75) is 18.4 Å². The first-order valence-corrected chi connectivity index (χ1v) is 11.1. The van der Waals surface area contributed by atoms with Crippen LogP contribution in [0.15, 0.2) is 48.5 Å². The second kappa shape index (κ2) is 7.84. The molecule has 0 saturated carbocycles. The lowest BCUT2D eigenvalue weighted by Gasteiger charge is -2.12. The Bertz CT molecular complexity index is 1260. The Morgan fingerprint density at radius 1 is 1.16 bits per heavy atom. The quantitative estimate of drug-likeness (QED) is 0.458. The summed E-state index contributed by atoms with van der Waals surface area (Å²) >= 11 is 0. The number of anilines is 1. The molecule has 1 aromatic heterocycles. The number of hydrogen-bond donors (Lipinski definition) is 1. The molecule has 1 aliphatic heterocycles. The second-order valence-electron chi connectivity index (χ2n) is 7.14. The van der Waals surface area contributed by atoms with Gasteiger partial charge in [-0.05, 0) is 31.2 Å². The normalized spacial score (nSPS) is 14.1. The van der Waals surface area contributed by atoms with E-state index in [1.807, 2.05) is 19.1 Å². The van der Waals surface area contributed by atoms with Crippen molar-refractivity contribution >= 4 is 27.2 Å². The van der Waals surface area contributed by atoms with Gasteiger partial charge in [-0.25, -0.2) is 13.1 Å². The first-order valence-electron chi connectivity index (χ1n) is 9.27. The molecule has 1 amide bonds. The number of carbonyl (C=O) groups is 1. The third kappa shape index (κ3) is 4.40. The van der Waals surface area contributed by atoms with Crippen molar-refractivity contribution in [2.75, 3.05) is 11.9 Å². The van der Waals surface area contributed by atoms with Crippen LogP contribution < -0.4 is 10.1 Å². The number of sulfone groups is 1. The van der Waals surface area contributed by atoms with E-state index in [-0.39, 0.29) is 29.6 Å². The molecule has 0 spiro atoms. The Hall–Kier alpha value is -3.73. The third-order valence-corrected chi connectivity index (χ3v) is 6.18. The van der Waals surface area contributed by atoms with Crippen LogP contribution in [0.25, 0.3) is 5.69 Å². The van der Waals surface area contributed by atoms with Gasteiger partial charge in [0, 0.05) is 17.7 Å². The first-order chi connectivity index (χ1) is 14.7. The summed E-state index contributed by atoms with van der Waals surface area (Å²) in [4.78, 5) is 22.9. The molecule has 1 aliphatic rings. The molecule has 0 fully saturated rings. The molecule has 2 heterocycles. The average molecular weight is 442 g/mol. The monoisotopic (exact) mass is 442 g/mol. The van der Waals surface area contributed by atoms with Crippen molar-refractivity contribution in [2.24, 2.45) is 0 Å². The number of aromatic nitrogens is 2. The summed E-state index contributed by atoms with van der Waals surface area (Å²) in [5, 5.41) is 17.9. The SMILES string of the molecule is Cc1ccc(OCC(=O)Nc2c3c(nn2-c2ccc([N+](=O)[O-])cc2)CS(=O)(=O)C3)cc1. The van der Waals surface area contributed by atoms with Gasteiger partial charge in [0.2, 0.25) is 0 Å². The first kappa shape index (κ1) is 20.5. The summed E-state index contributed by atoms with van der Waals surface area (Å²) in [5.74, 6) is -0.231. The van der Waals surface area contributed by atoms with E-state index in [1.165, 1.54) is 28.9 Å². The maximum absolute atomic E-state index is 12.5. The van der Waals surface area contributed by atoms with E-state index in [0.29, 0.717) is 22.7 Å². The zero-order valence-corrected chi connectivity index (χ0v) is 17.3. The standard InChI is InChI=1S/C20H18N4O6S/c1-13-2-8-16(9-3-13)30-10-19(25)21-20-17-11-31(28,29)12-18(17)22-23(20)14-4-6-15(7-5-14)24(26)27/h2-9H,10-12H2,1H3,(H,21,25). The van der Waals surface area contributed by atoms with Crippen LogP contribution in [0, 0.1) is 17.0 Å². The van der Waals surface area contributed by atoms with Crippen molar-refractivity contribution in [1.82, 2.24) is 9.78 Å². The molecule has 0 unspecified atom stereocenters. The highest BCUT2D eigenvalue weighted by Gasteiger charge is 2.33. The molecule has 160 valence electrons. The summed E-state index contributed by atoms with van der Waals surface area (Å²) in [6, 6.07) is 12.8. The molecule has 31 heavy (non-hydrogen) atoms. The number of aryl methyl sites for hydroxylation is 1. The number of nitro benzene ring substituents is 1. The minimum atomic E-state index is -3.34. The van der Waals surface area contributed by atoms with Gasteiger partial charge in [0.15, 0.2) is 16.4 Å².